The first-order valence-electron chi connectivity index (χ1n) is 6.20. The minimum Gasteiger partial charge on any atom is -0.495 e. The van der Waals surface area contributed by atoms with Gasteiger partial charge in [0.1, 0.15) is 11.5 Å². The number of halogens is 3. The molecule has 22 heavy (non-hydrogen) atoms. The summed E-state index contributed by atoms with van der Waals surface area (Å²) in [5.41, 5.74) is 0.400. The van der Waals surface area contributed by atoms with E-state index in [2.05, 4.69) is 10.1 Å². The van der Waals surface area contributed by atoms with E-state index < -0.39 is 12.5 Å². The molecule has 0 atom stereocenters. The van der Waals surface area contributed by atoms with Crippen molar-refractivity contribution in [3.8, 4) is 11.5 Å². The van der Waals surface area contributed by atoms with E-state index in [4.69, 9.17) is 16.3 Å². The summed E-state index contributed by atoms with van der Waals surface area (Å²) in [5, 5.41) is 2.77. The lowest BCUT2D eigenvalue weighted by atomic mass is 10.2. The van der Waals surface area contributed by atoms with Gasteiger partial charge in [-0.15, -0.1) is 0 Å². The third kappa shape index (κ3) is 3.85. The number of para-hydroxylation sites is 2. The first-order valence-corrected chi connectivity index (χ1v) is 6.58. The van der Waals surface area contributed by atoms with Crippen LogP contribution in [0.25, 0.3) is 0 Å². The number of alkyl halides is 2. The monoisotopic (exact) mass is 327 g/mol. The zero-order valence-electron chi connectivity index (χ0n) is 11.5. The Morgan fingerprint density at radius 2 is 1.91 bits per heavy atom. The number of anilines is 1. The van der Waals surface area contributed by atoms with Crippen LogP contribution in [0, 0.1) is 0 Å². The summed E-state index contributed by atoms with van der Waals surface area (Å²) in [5.74, 6) is -0.194. The van der Waals surface area contributed by atoms with Crippen LogP contribution in [-0.2, 0) is 0 Å². The molecule has 2 aromatic rings. The van der Waals surface area contributed by atoms with Crippen LogP contribution < -0.4 is 14.8 Å². The van der Waals surface area contributed by atoms with Crippen LogP contribution in [0.4, 0.5) is 14.5 Å². The van der Waals surface area contributed by atoms with E-state index in [1.807, 2.05) is 0 Å². The van der Waals surface area contributed by atoms with Crippen LogP contribution in [0.5, 0.6) is 11.5 Å². The maximum absolute atomic E-state index is 12.3. The number of nitrogens with one attached hydrogen (secondary N) is 1. The summed E-state index contributed by atoms with van der Waals surface area (Å²) in [7, 11) is 1.46. The molecule has 0 radical (unpaired) electrons. The number of carbonyl (C=O) groups is 1. The number of benzene rings is 2. The van der Waals surface area contributed by atoms with E-state index in [0.29, 0.717) is 5.75 Å². The van der Waals surface area contributed by atoms with Gasteiger partial charge in [0.15, 0.2) is 0 Å². The lowest BCUT2D eigenvalue weighted by Gasteiger charge is -2.12. The molecule has 0 aromatic heterocycles. The second kappa shape index (κ2) is 7.09. The van der Waals surface area contributed by atoms with Crippen LogP contribution in [0.15, 0.2) is 42.5 Å². The minimum atomic E-state index is -2.98. The number of amides is 1. The lowest BCUT2D eigenvalue weighted by molar-refractivity contribution is -0.0493. The number of carbonyl (C=O) groups excluding carboxylic acids is 1. The molecular weight excluding hydrogens is 316 g/mol. The fourth-order valence-electron chi connectivity index (χ4n) is 1.77. The molecule has 4 nitrogen and oxygen atoms in total. The smallest absolute Gasteiger partial charge is 0.387 e. The maximum atomic E-state index is 12.3. The Morgan fingerprint density at radius 3 is 2.55 bits per heavy atom. The zero-order valence-corrected chi connectivity index (χ0v) is 12.2. The molecule has 0 saturated heterocycles. The summed E-state index contributed by atoms with van der Waals surface area (Å²) in [6.07, 6.45) is 0. The van der Waals surface area contributed by atoms with Crippen molar-refractivity contribution in [3.05, 3.63) is 53.1 Å². The third-order valence-electron chi connectivity index (χ3n) is 2.77. The summed E-state index contributed by atoms with van der Waals surface area (Å²) in [6.45, 7) is -2.98. The highest BCUT2D eigenvalue weighted by molar-refractivity contribution is 6.32. The molecule has 0 heterocycles. The van der Waals surface area contributed by atoms with Gasteiger partial charge in [-0.2, -0.15) is 8.78 Å². The number of hydrogen-bond acceptors (Lipinski definition) is 3. The molecule has 2 aromatic carbocycles. The largest absolute Gasteiger partial charge is 0.495 e. The van der Waals surface area contributed by atoms with Crippen LogP contribution in [0.2, 0.25) is 5.02 Å². The summed E-state index contributed by atoms with van der Waals surface area (Å²) in [6, 6.07) is 10.4. The van der Waals surface area contributed by atoms with Crippen LogP contribution in [0.3, 0.4) is 0 Å². The van der Waals surface area contributed by atoms with Gasteiger partial charge in [-0.05, 0) is 30.3 Å². The highest BCUT2D eigenvalue weighted by atomic mass is 35.5. The van der Waals surface area contributed by atoms with Crippen molar-refractivity contribution in [2.24, 2.45) is 0 Å². The highest BCUT2D eigenvalue weighted by Crippen LogP contribution is 2.28. The van der Waals surface area contributed by atoms with E-state index in [1.54, 1.807) is 12.1 Å². The second-order valence-electron chi connectivity index (χ2n) is 4.18. The van der Waals surface area contributed by atoms with Gasteiger partial charge in [0.2, 0.25) is 0 Å². The molecule has 1 amide bonds. The Bertz CT molecular complexity index is 680. The first-order chi connectivity index (χ1) is 10.5. The summed E-state index contributed by atoms with van der Waals surface area (Å²) in [4.78, 5) is 12.2. The Labute approximate surface area is 130 Å². The average Bonchev–Trinajstić information content (AvgIpc) is 2.48. The fourth-order valence-corrected chi connectivity index (χ4v) is 2.03. The molecule has 1 N–H and O–H groups in total. The Balaban J connectivity index is 2.20. The van der Waals surface area contributed by atoms with Gasteiger partial charge < -0.3 is 14.8 Å². The van der Waals surface area contributed by atoms with Crippen molar-refractivity contribution in [2.45, 2.75) is 6.61 Å². The van der Waals surface area contributed by atoms with E-state index >= 15 is 0 Å². The second-order valence-corrected chi connectivity index (χ2v) is 4.59. The minimum absolute atomic E-state index is 0.120. The molecule has 0 aliphatic rings. The first kappa shape index (κ1) is 16.0. The van der Waals surface area contributed by atoms with Crippen molar-refractivity contribution in [3.63, 3.8) is 0 Å². The fraction of sp³-hybridized carbons (Fsp3) is 0.133. The van der Waals surface area contributed by atoms with Crippen LogP contribution in [0.1, 0.15) is 10.4 Å². The van der Waals surface area contributed by atoms with Crippen molar-refractivity contribution >= 4 is 23.2 Å². The van der Waals surface area contributed by atoms with Crippen LogP contribution in [-0.4, -0.2) is 19.6 Å². The van der Waals surface area contributed by atoms with Crippen molar-refractivity contribution < 1.29 is 23.0 Å². The Morgan fingerprint density at radius 1 is 1.18 bits per heavy atom. The van der Waals surface area contributed by atoms with E-state index in [-0.39, 0.29) is 22.0 Å². The van der Waals surface area contributed by atoms with Crippen molar-refractivity contribution in [1.29, 1.82) is 0 Å². The molecule has 0 saturated carbocycles. The van der Waals surface area contributed by atoms with Gasteiger partial charge in [0.05, 0.1) is 17.8 Å². The standard InChI is InChI=1S/C15H12ClF2NO3/c1-21-12-7-6-9(8-10(12)16)14(20)19-11-4-2-3-5-13(11)22-15(17)18/h2-8,15H,1H3,(H,19,20). The quantitative estimate of drug-likeness (QED) is 0.895. The maximum Gasteiger partial charge on any atom is 0.387 e. The molecule has 0 aliphatic carbocycles. The predicted molar refractivity (Wildman–Crippen MR) is 79.0 cm³/mol. The van der Waals surface area contributed by atoms with Gasteiger partial charge >= 0.3 is 6.61 Å². The zero-order chi connectivity index (χ0) is 16.1. The van der Waals surface area contributed by atoms with E-state index in [9.17, 15) is 13.6 Å². The molecule has 0 aliphatic heterocycles. The molecule has 116 valence electrons. The molecule has 2 rings (SSSR count). The van der Waals surface area contributed by atoms with Crippen molar-refractivity contribution in [2.75, 3.05) is 12.4 Å². The van der Waals surface area contributed by atoms with E-state index in [1.165, 1.54) is 37.4 Å². The number of ether oxygens (including phenoxy) is 2. The number of hydrogen-bond donors (Lipinski definition) is 1. The normalized spacial score (nSPS) is 10.4. The lowest BCUT2D eigenvalue weighted by Crippen LogP contribution is -2.14. The Hall–Kier alpha value is -2.34. The third-order valence-corrected chi connectivity index (χ3v) is 3.06. The predicted octanol–water partition coefficient (Wildman–Crippen LogP) is 4.20. The average molecular weight is 328 g/mol. The summed E-state index contributed by atoms with van der Waals surface area (Å²) >= 11 is 5.95. The van der Waals surface area contributed by atoms with Gasteiger partial charge in [0, 0.05) is 5.56 Å². The molecule has 7 heteroatoms. The summed E-state index contributed by atoms with van der Waals surface area (Å²) < 4.78 is 34.0. The number of methoxy groups -OCH3 is 1. The van der Waals surface area contributed by atoms with Gasteiger partial charge in [-0.1, -0.05) is 23.7 Å². The van der Waals surface area contributed by atoms with Crippen molar-refractivity contribution in [1.82, 2.24) is 0 Å². The number of rotatable bonds is 5. The Kier molecular flexibility index (Phi) is 5.16. The molecule has 0 fully saturated rings. The highest BCUT2D eigenvalue weighted by Gasteiger charge is 2.14. The van der Waals surface area contributed by atoms with Crippen LogP contribution >= 0.6 is 11.6 Å². The van der Waals surface area contributed by atoms with Gasteiger partial charge in [0.25, 0.3) is 5.91 Å². The van der Waals surface area contributed by atoms with Gasteiger partial charge in [-0.3, -0.25) is 4.79 Å². The molecule has 0 spiro atoms. The topological polar surface area (TPSA) is 47.6 Å². The molecule has 0 bridgehead atoms. The van der Waals surface area contributed by atoms with Gasteiger partial charge in [-0.25, -0.2) is 0 Å². The molecule has 0 unspecified atom stereocenters. The SMILES string of the molecule is COc1ccc(C(=O)Nc2ccccc2OC(F)F)cc1Cl. The van der Waals surface area contributed by atoms with E-state index in [0.717, 1.165) is 0 Å². The molecular formula is C15H12ClF2NO3.